The largest absolute Gasteiger partial charge is 2.00 e. The molecule has 0 saturated carbocycles. The SMILES string of the molecule is O=C(O)c1cccc2ccccc12.[Mn+2]. The summed E-state index contributed by atoms with van der Waals surface area (Å²) in [6.07, 6.45) is 0. The molecule has 2 aromatic carbocycles. The van der Waals surface area contributed by atoms with Crippen molar-refractivity contribution < 1.29 is 27.0 Å². The molecule has 3 heteroatoms. The molecule has 0 bridgehead atoms. The van der Waals surface area contributed by atoms with Crippen LogP contribution < -0.4 is 0 Å². The number of hydrogen-bond acceptors (Lipinski definition) is 1. The van der Waals surface area contributed by atoms with Crippen LogP contribution in [0.2, 0.25) is 0 Å². The van der Waals surface area contributed by atoms with Crippen molar-refractivity contribution in [2.24, 2.45) is 0 Å². The Morgan fingerprint density at radius 2 is 1.64 bits per heavy atom. The Hall–Kier alpha value is -1.31. The first kappa shape index (κ1) is 10.8. The molecule has 1 radical (unpaired) electrons. The Morgan fingerprint density at radius 3 is 2.36 bits per heavy atom. The fourth-order valence-corrected chi connectivity index (χ4v) is 1.41. The molecule has 2 rings (SSSR count). The molecule has 0 saturated heterocycles. The number of fused-ring (bicyclic) bond motifs is 1. The fourth-order valence-electron chi connectivity index (χ4n) is 1.41. The van der Waals surface area contributed by atoms with E-state index in [9.17, 15) is 4.79 Å². The van der Waals surface area contributed by atoms with Crippen LogP contribution in [-0.4, -0.2) is 11.1 Å². The Kier molecular flexibility index (Phi) is 3.28. The van der Waals surface area contributed by atoms with Crippen molar-refractivity contribution in [2.45, 2.75) is 0 Å². The van der Waals surface area contributed by atoms with E-state index in [1.807, 2.05) is 30.3 Å². The molecule has 0 aliphatic carbocycles. The van der Waals surface area contributed by atoms with Crippen molar-refractivity contribution in [1.82, 2.24) is 0 Å². The van der Waals surface area contributed by atoms with Crippen LogP contribution in [0, 0.1) is 0 Å². The monoisotopic (exact) mass is 227 g/mol. The van der Waals surface area contributed by atoms with Gasteiger partial charge in [-0.05, 0) is 16.8 Å². The minimum Gasteiger partial charge on any atom is -0.478 e. The van der Waals surface area contributed by atoms with Gasteiger partial charge in [-0.1, -0.05) is 36.4 Å². The zero-order valence-corrected chi connectivity index (χ0v) is 8.46. The Labute approximate surface area is 92.0 Å². The fraction of sp³-hybridized carbons (Fsp3) is 0. The standard InChI is InChI=1S/C11H8O2.Mn/c12-11(13)10-7-3-5-8-4-1-2-6-9(8)10;/h1-7H,(H,12,13);/q;+2. The maximum atomic E-state index is 10.8. The van der Waals surface area contributed by atoms with Gasteiger partial charge in [-0.3, -0.25) is 0 Å². The molecule has 0 fully saturated rings. The number of carboxylic acids is 1. The van der Waals surface area contributed by atoms with E-state index in [0.717, 1.165) is 10.8 Å². The van der Waals surface area contributed by atoms with Crippen molar-refractivity contribution >= 4 is 16.7 Å². The van der Waals surface area contributed by atoms with Gasteiger partial charge >= 0.3 is 23.0 Å². The number of benzene rings is 2. The van der Waals surface area contributed by atoms with E-state index < -0.39 is 5.97 Å². The summed E-state index contributed by atoms with van der Waals surface area (Å²) in [4.78, 5) is 10.8. The molecular formula is C11H8MnO2+2. The minimum absolute atomic E-state index is 0. The molecule has 2 aromatic rings. The predicted molar refractivity (Wildman–Crippen MR) is 50.9 cm³/mol. The summed E-state index contributed by atoms with van der Waals surface area (Å²) >= 11 is 0. The molecular weight excluding hydrogens is 219 g/mol. The van der Waals surface area contributed by atoms with Crippen LogP contribution in [0.4, 0.5) is 0 Å². The number of rotatable bonds is 1. The third kappa shape index (κ3) is 1.79. The molecule has 0 aliphatic heterocycles. The molecule has 0 aliphatic rings. The normalized spacial score (nSPS) is 9.43. The first-order valence-electron chi connectivity index (χ1n) is 4.00. The Bertz CT molecular complexity index is 460. The Morgan fingerprint density at radius 1 is 1.00 bits per heavy atom. The summed E-state index contributed by atoms with van der Waals surface area (Å²) in [6, 6.07) is 12.7. The molecule has 69 valence electrons. The molecule has 0 spiro atoms. The number of aromatic carboxylic acids is 1. The van der Waals surface area contributed by atoms with E-state index in [-0.39, 0.29) is 17.1 Å². The number of hydrogen-bond donors (Lipinski definition) is 1. The van der Waals surface area contributed by atoms with Gasteiger partial charge in [0.25, 0.3) is 0 Å². The number of carbonyl (C=O) groups is 1. The molecule has 14 heavy (non-hydrogen) atoms. The average Bonchev–Trinajstić information content (AvgIpc) is 2.17. The molecule has 2 nitrogen and oxygen atoms in total. The van der Waals surface area contributed by atoms with Gasteiger partial charge in [0.1, 0.15) is 0 Å². The van der Waals surface area contributed by atoms with Gasteiger partial charge in [0.15, 0.2) is 0 Å². The maximum Gasteiger partial charge on any atom is 2.00 e. The van der Waals surface area contributed by atoms with Crippen molar-refractivity contribution in [3.05, 3.63) is 48.0 Å². The molecule has 0 aromatic heterocycles. The zero-order chi connectivity index (χ0) is 9.26. The van der Waals surface area contributed by atoms with Crippen LogP contribution in [0.15, 0.2) is 42.5 Å². The first-order valence-corrected chi connectivity index (χ1v) is 4.00. The van der Waals surface area contributed by atoms with Crippen molar-refractivity contribution in [3.63, 3.8) is 0 Å². The average molecular weight is 227 g/mol. The Balaban J connectivity index is 0.000000980. The van der Waals surface area contributed by atoms with Gasteiger partial charge in [-0.2, -0.15) is 0 Å². The summed E-state index contributed by atoms with van der Waals surface area (Å²) in [5, 5.41) is 10.6. The maximum absolute atomic E-state index is 10.8. The molecule has 0 heterocycles. The van der Waals surface area contributed by atoms with Gasteiger partial charge in [0.05, 0.1) is 5.56 Å². The predicted octanol–water partition coefficient (Wildman–Crippen LogP) is 2.54. The van der Waals surface area contributed by atoms with E-state index in [4.69, 9.17) is 5.11 Å². The summed E-state index contributed by atoms with van der Waals surface area (Å²) in [7, 11) is 0. The number of carboxylic acid groups (broad SMARTS) is 1. The van der Waals surface area contributed by atoms with Crippen molar-refractivity contribution in [1.29, 1.82) is 0 Å². The zero-order valence-electron chi connectivity index (χ0n) is 7.27. The second-order valence-corrected chi connectivity index (χ2v) is 2.83. The molecule has 0 atom stereocenters. The van der Waals surface area contributed by atoms with E-state index in [2.05, 4.69) is 0 Å². The van der Waals surface area contributed by atoms with Gasteiger partial charge < -0.3 is 5.11 Å². The topological polar surface area (TPSA) is 37.3 Å². The quantitative estimate of drug-likeness (QED) is 0.760. The van der Waals surface area contributed by atoms with Crippen LogP contribution in [0.1, 0.15) is 10.4 Å². The summed E-state index contributed by atoms with van der Waals surface area (Å²) < 4.78 is 0. The van der Waals surface area contributed by atoms with Crippen LogP contribution in [0.3, 0.4) is 0 Å². The van der Waals surface area contributed by atoms with E-state index >= 15 is 0 Å². The summed E-state index contributed by atoms with van der Waals surface area (Å²) in [6.45, 7) is 0. The van der Waals surface area contributed by atoms with Crippen molar-refractivity contribution in [3.8, 4) is 0 Å². The molecule has 0 unspecified atom stereocenters. The van der Waals surface area contributed by atoms with Gasteiger partial charge in [-0.25, -0.2) is 4.79 Å². The third-order valence-corrected chi connectivity index (χ3v) is 2.02. The second-order valence-electron chi connectivity index (χ2n) is 2.83. The van der Waals surface area contributed by atoms with Crippen LogP contribution in [0.25, 0.3) is 10.8 Å². The van der Waals surface area contributed by atoms with Crippen LogP contribution >= 0.6 is 0 Å². The van der Waals surface area contributed by atoms with Gasteiger partial charge in [0.2, 0.25) is 0 Å². The van der Waals surface area contributed by atoms with Gasteiger partial charge in [-0.15, -0.1) is 0 Å². The van der Waals surface area contributed by atoms with Crippen LogP contribution in [-0.2, 0) is 17.1 Å². The third-order valence-electron chi connectivity index (χ3n) is 2.02. The molecule has 1 N–H and O–H groups in total. The van der Waals surface area contributed by atoms with Gasteiger partial charge in [0, 0.05) is 0 Å². The first-order chi connectivity index (χ1) is 6.29. The van der Waals surface area contributed by atoms with E-state index in [1.165, 1.54) is 0 Å². The van der Waals surface area contributed by atoms with E-state index in [1.54, 1.807) is 12.1 Å². The molecule has 0 amide bonds. The minimum atomic E-state index is -0.878. The summed E-state index contributed by atoms with van der Waals surface area (Å²) in [5.41, 5.74) is 0.359. The smallest absolute Gasteiger partial charge is 0.478 e. The second kappa shape index (κ2) is 4.27. The summed E-state index contributed by atoms with van der Waals surface area (Å²) in [5.74, 6) is -0.878. The van der Waals surface area contributed by atoms with E-state index in [0.29, 0.717) is 5.56 Å². The van der Waals surface area contributed by atoms with Crippen LogP contribution in [0.5, 0.6) is 0 Å². The van der Waals surface area contributed by atoms with Crippen molar-refractivity contribution in [2.75, 3.05) is 0 Å².